The third kappa shape index (κ3) is 4.88. The van der Waals surface area contributed by atoms with E-state index >= 15 is 0 Å². The average Bonchev–Trinajstić information content (AvgIpc) is 2.34. The fourth-order valence-electron chi connectivity index (χ4n) is 1.48. The number of aliphatic carboxylic acids is 1. The van der Waals surface area contributed by atoms with Gasteiger partial charge in [0.2, 0.25) is 10.0 Å². The highest BCUT2D eigenvalue weighted by molar-refractivity contribution is 7.92. The summed E-state index contributed by atoms with van der Waals surface area (Å²) in [5, 5.41) is 11.2. The molecule has 8 heteroatoms. The molecule has 3 N–H and O–H groups in total. The summed E-state index contributed by atoms with van der Waals surface area (Å²) in [6.07, 6.45) is 1.29. The summed E-state index contributed by atoms with van der Waals surface area (Å²) in [6.45, 7) is 1.65. The average molecular weight is 300 g/mol. The van der Waals surface area contributed by atoms with Crippen LogP contribution in [0, 0.1) is 0 Å². The third-order valence-corrected chi connectivity index (χ3v) is 3.07. The highest BCUT2D eigenvalue weighted by Crippen LogP contribution is 2.11. The van der Waals surface area contributed by atoms with Crippen LogP contribution in [-0.2, 0) is 14.8 Å². The largest absolute Gasteiger partial charge is 0.480 e. The van der Waals surface area contributed by atoms with Crippen molar-refractivity contribution in [3.05, 3.63) is 29.8 Å². The van der Waals surface area contributed by atoms with Crippen LogP contribution in [-0.4, -0.2) is 37.7 Å². The SMILES string of the molecule is CC[C@@H](NC(=O)c1ccc(NS(C)(=O)=O)cc1)C(=O)O. The summed E-state index contributed by atoms with van der Waals surface area (Å²) >= 11 is 0. The molecule has 0 bridgehead atoms. The number of carbonyl (C=O) groups is 2. The Bertz CT molecular complexity index is 595. The lowest BCUT2D eigenvalue weighted by Crippen LogP contribution is -2.40. The zero-order valence-electron chi connectivity index (χ0n) is 11.1. The predicted octanol–water partition coefficient (Wildman–Crippen LogP) is 0.651. The molecule has 20 heavy (non-hydrogen) atoms. The lowest BCUT2D eigenvalue weighted by molar-refractivity contribution is -0.139. The number of rotatable bonds is 6. The van der Waals surface area contributed by atoms with Gasteiger partial charge in [0.25, 0.3) is 5.91 Å². The van der Waals surface area contributed by atoms with Crippen LogP contribution >= 0.6 is 0 Å². The Morgan fingerprint density at radius 2 is 1.80 bits per heavy atom. The lowest BCUT2D eigenvalue weighted by Gasteiger charge is -2.12. The van der Waals surface area contributed by atoms with E-state index in [2.05, 4.69) is 10.0 Å². The summed E-state index contributed by atoms with van der Waals surface area (Å²) < 4.78 is 24.3. The summed E-state index contributed by atoms with van der Waals surface area (Å²) in [5.41, 5.74) is 0.582. The van der Waals surface area contributed by atoms with E-state index in [4.69, 9.17) is 5.11 Å². The monoisotopic (exact) mass is 300 g/mol. The highest BCUT2D eigenvalue weighted by Gasteiger charge is 2.18. The molecule has 0 spiro atoms. The third-order valence-electron chi connectivity index (χ3n) is 2.46. The van der Waals surface area contributed by atoms with E-state index in [0.717, 1.165) is 6.26 Å². The van der Waals surface area contributed by atoms with Crippen LogP contribution in [0.4, 0.5) is 5.69 Å². The Morgan fingerprint density at radius 3 is 2.20 bits per heavy atom. The summed E-state index contributed by atoms with van der Waals surface area (Å²) in [7, 11) is -3.37. The number of amides is 1. The van der Waals surface area contributed by atoms with E-state index in [1.54, 1.807) is 6.92 Å². The molecule has 0 saturated carbocycles. The van der Waals surface area contributed by atoms with Gasteiger partial charge in [-0.15, -0.1) is 0 Å². The Labute approximate surface area is 117 Å². The minimum atomic E-state index is -3.37. The smallest absolute Gasteiger partial charge is 0.326 e. The molecule has 0 aliphatic rings. The topological polar surface area (TPSA) is 113 Å². The molecule has 0 aliphatic carbocycles. The first-order valence-electron chi connectivity index (χ1n) is 5.84. The van der Waals surface area contributed by atoms with Crippen LogP contribution < -0.4 is 10.0 Å². The van der Waals surface area contributed by atoms with E-state index < -0.39 is 27.9 Å². The second-order valence-electron chi connectivity index (χ2n) is 4.22. The molecular weight excluding hydrogens is 284 g/mol. The highest BCUT2D eigenvalue weighted by atomic mass is 32.2. The van der Waals surface area contributed by atoms with Crippen molar-refractivity contribution in [1.29, 1.82) is 0 Å². The van der Waals surface area contributed by atoms with Gasteiger partial charge in [0.15, 0.2) is 0 Å². The zero-order chi connectivity index (χ0) is 15.3. The number of carboxylic acid groups (broad SMARTS) is 1. The van der Waals surface area contributed by atoms with Gasteiger partial charge in [-0.25, -0.2) is 13.2 Å². The van der Waals surface area contributed by atoms with Crippen LogP contribution in [0.15, 0.2) is 24.3 Å². The van der Waals surface area contributed by atoms with Gasteiger partial charge >= 0.3 is 5.97 Å². The van der Waals surface area contributed by atoms with E-state index in [-0.39, 0.29) is 12.0 Å². The lowest BCUT2D eigenvalue weighted by atomic mass is 10.1. The van der Waals surface area contributed by atoms with Crippen LogP contribution in [0.25, 0.3) is 0 Å². The molecule has 0 heterocycles. The molecule has 0 fully saturated rings. The maximum absolute atomic E-state index is 11.8. The minimum Gasteiger partial charge on any atom is -0.480 e. The van der Waals surface area contributed by atoms with Gasteiger partial charge in [0.05, 0.1) is 6.26 Å². The van der Waals surface area contributed by atoms with Gasteiger partial charge < -0.3 is 10.4 Å². The van der Waals surface area contributed by atoms with Crippen molar-refractivity contribution in [2.45, 2.75) is 19.4 Å². The Kier molecular flexibility index (Phi) is 5.09. The van der Waals surface area contributed by atoms with Crippen molar-refractivity contribution in [3.8, 4) is 0 Å². The Hall–Kier alpha value is -2.09. The molecule has 110 valence electrons. The molecule has 1 atom stereocenters. The van der Waals surface area contributed by atoms with Crippen molar-refractivity contribution < 1.29 is 23.1 Å². The molecule has 1 amide bonds. The van der Waals surface area contributed by atoms with Gasteiger partial charge in [-0.3, -0.25) is 9.52 Å². The predicted molar refractivity (Wildman–Crippen MR) is 74.1 cm³/mol. The minimum absolute atomic E-state index is 0.253. The van der Waals surface area contributed by atoms with E-state index in [0.29, 0.717) is 5.69 Å². The van der Waals surface area contributed by atoms with E-state index in [9.17, 15) is 18.0 Å². The Morgan fingerprint density at radius 1 is 1.25 bits per heavy atom. The molecule has 0 aromatic heterocycles. The van der Waals surface area contributed by atoms with Crippen LogP contribution in [0.1, 0.15) is 23.7 Å². The maximum Gasteiger partial charge on any atom is 0.326 e. The molecular formula is C12H16N2O5S. The van der Waals surface area contributed by atoms with Gasteiger partial charge in [0.1, 0.15) is 6.04 Å². The number of hydrogen-bond acceptors (Lipinski definition) is 4. The fourth-order valence-corrected chi connectivity index (χ4v) is 2.05. The van der Waals surface area contributed by atoms with Crippen LogP contribution in [0.5, 0.6) is 0 Å². The van der Waals surface area contributed by atoms with Gasteiger partial charge in [-0.2, -0.15) is 0 Å². The van der Waals surface area contributed by atoms with Crippen molar-refractivity contribution in [2.75, 3.05) is 11.0 Å². The number of sulfonamides is 1. The number of nitrogens with one attached hydrogen (secondary N) is 2. The first-order valence-corrected chi connectivity index (χ1v) is 7.73. The number of carbonyl (C=O) groups excluding carboxylic acids is 1. The quantitative estimate of drug-likeness (QED) is 0.714. The second-order valence-corrected chi connectivity index (χ2v) is 5.97. The van der Waals surface area contributed by atoms with E-state index in [1.165, 1.54) is 24.3 Å². The summed E-state index contributed by atoms with van der Waals surface area (Å²) in [6, 6.07) is 4.74. The molecule has 0 radical (unpaired) electrons. The van der Waals surface area contributed by atoms with Crippen molar-refractivity contribution in [3.63, 3.8) is 0 Å². The first-order chi connectivity index (χ1) is 9.23. The number of carboxylic acids is 1. The van der Waals surface area contributed by atoms with Gasteiger partial charge in [-0.1, -0.05) is 6.92 Å². The maximum atomic E-state index is 11.8. The van der Waals surface area contributed by atoms with Gasteiger partial charge in [0, 0.05) is 11.3 Å². The van der Waals surface area contributed by atoms with Crippen LogP contribution in [0.2, 0.25) is 0 Å². The van der Waals surface area contributed by atoms with Crippen molar-refractivity contribution >= 4 is 27.6 Å². The Balaban J connectivity index is 2.78. The summed E-state index contributed by atoms with van der Waals surface area (Å²) in [5.74, 6) is -1.62. The first kappa shape index (κ1) is 16.0. The molecule has 0 saturated heterocycles. The van der Waals surface area contributed by atoms with Gasteiger partial charge in [-0.05, 0) is 30.7 Å². The zero-order valence-corrected chi connectivity index (χ0v) is 11.9. The number of hydrogen-bond donors (Lipinski definition) is 3. The normalized spacial score (nSPS) is 12.5. The van der Waals surface area contributed by atoms with Crippen molar-refractivity contribution in [1.82, 2.24) is 5.32 Å². The van der Waals surface area contributed by atoms with Crippen molar-refractivity contribution in [2.24, 2.45) is 0 Å². The van der Waals surface area contributed by atoms with Crippen LogP contribution in [0.3, 0.4) is 0 Å². The molecule has 1 aromatic carbocycles. The molecule has 0 aliphatic heterocycles. The second kappa shape index (κ2) is 6.38. The molecule has 1 aromatic rings. The summed E-state index contributed by atoms with van der Waals surface area (Å²) in [4.78, 5) is 22.6. The standard InChI is InChI=1S/C12H16N2O5S/c1-3-10(12(16)17)13-11(15)8-4-6-9(7-5-8)14-20(2,18)19/h4-7,10,14H,3H2,1-2H3,(H,13,15)(H,16,17)/t10-/m1/s1. The molecule has 7 nitrogen and oxygen atoms in total. The van der Waals surface area contributed by atoms with E-state index in [1.807, 2.05) is 0 Å². The fraction of sp³-hybridized carbons (Fsp3) is 0.333. The number of anilines is 1. The molecule has 1 rings (SSSR count). The number of benzene rings is 1. The molecule has 0 unspecified atom stereocenters.